The SMILES string of the molecule is Cc1ccc(-c2nc(C(C)C)c(Br)c(=O)[nH]2)nc1. The summed E-state index contributed by atoms with van der Waals surface area (Å²) < 4.78 is 0.494. The lowest BCUT2D eigenvalue weighted by molar-refractivity contribution is 0.802. The van der Waals surface area contributed by atoms with Crippen molar-refractivity contribution in [3.05, 3.63) is 44.4 Å². The smallest absolute Gasteiger partial charge is 0.265 e. The Morgan fingerprint density at radius 2 is 2.06 bits per heavy atom. The van der Waals surface area contributed by atoms with Gasteiger partial charge in [-0.1, -0.05) is 19.9 Å². The summed E-state index contributed by atoms with van der Waals surface area (Å²) in [5, 5.41) is 0. The lowest BCUT2D eigenvalue weighted by atomic mass is 10.1. The van der Waals surface area contributed by atoms with Crippen LogP contribution in [0, 0.1) is 6.92 Å². The van der Waals surface area contributed by atoms with Crippen LogP contribution in [0.5, 0.6) is 0 Å². The molecule has 0 amide bonds. The van der Waals surface area contributed by atoms with Crippen LogP contribution in [0.1, 0.15) is 31.0 Å². The summed E-state index contributed by atoms with van der Waals surface area (Å²) in [5.41, 5.74) is 2.32. The largest absolute Gasteiger partial charge is 0.304 e. The van der Waals surface area contributed by atoms with Crippen LogP contribution < -0.4 is 5.56 Å². The van der Waals surface area contributed by atoms with Crippen molar-refractivity contribution in [2.45, 2.75) is 26.7 Å². The zero-order chi connectivity index (χ0) is 13.3. The molecule has 0 saturated heterocycles. The molecule has 0 atom stereocenters. The van der Waals surface area contributed by atoms with Crippen LogP contribution in [0.3, 0.4) is 0 Å². The van der Waals surface area contributed by atoms with Crippen LogP contribution in [-0.4, -0.2) is 15.0 Å². The molecule has 0 aliphatic carbocycles. The molecule has 0 saturated carbocycles. The Balaban J connectivity index is 2.59. The van der Waals surface area contributed by atoms with E-state index in [4.69, 9.17) is 0 Å². The molecule has 18 heavy (non-hydrogen) atoms. The van der Waals surface area contributed by atoms with Gasteiger partial charge in [0.05, 0.1) is 5.69 Å². The van der Waals surface area contributed by atoms with E-state index in [9.17, 15) is 4.79 Å². The van der Waals surface area contributed by atoms with E-state index in [2.05, 4.69) is 30.9 Å². The van der Waals surface area contributed by atoms with E-state index in [1.54, 1.807) is 6.20 Å². The van der Waals surface area contributed by atoms with Crippen molar-refractivity contribution >= 4 is 15.9 Å². The Morgan fingerprint density at radius 1 is 1.33 bits per heavy atom. The minimum absolute atomic E-state index is 0.172. The number of H-pyrrole nitrogens is 1. The van der Waals surface area contributed by atoms with Crippen molar-refractivity contribution in [2.24, 2.45) is 0 Å². The summed E-state index contributed by atoms with van der Waals surface area (Å²) >= 11 is 3.27. The van der Waals surface area contributed by atoms with Crippen molar-refractivity contribution in [3.8, 4) is 11.5 Å². The van der Waals surface area contributed by atoms with Gasteiger partial charge in [0.1, 0.15) is 10.2 Å². The van der Waals surface area contributed by atoms with Crippen molar-refractivity contribution in [2.75, 3.05) is 0 Å². The van der Waals surface area contributed by atoms with Gasteiger partial charge in [0, 0.05) is 6.20 Å². The molecule has 2 aromatic heterocycles. The summed E-state index contributed by atoms with van der Waals surface area (Å²) in [6.07, 6.45) is 1.76. The number of aromatic nitrogens is 3. The topological polar surface area (TPSA) is 58.6 Å². The molecule has 0 aromatic carbocycles. The lowest BCUT2D eigenvalue weighted by Crippen LogP contribution is -2.14. The number of nitrogens with zero attached hydrogens (tertiary/aromatic N) is 2. The standard InChI is InChI=1S/C13H14BrN3O/c1-7(2)11-10(14)13(18)17-12(16-11)9-5-4-8(3)6-15-9/h4-7H,1-3H3,(H,16,17,18). The number of pyridine rings is 1. The van der Waals surface area contributed by atoms with E-state index in [0.717, 1.165) is 11.3 Å². The molecule has 5 heteroatoms. The van der Waals surface area contributed by atoms with Crippen molar-refractivity contribution in [1.82, 2.24) is 15.0 Å². The third kappa shape index (κ3) is 2.51. The maximum Gasteiger partial charge on any atom is 0.265 e. The van der Waals surface area contributed by atoms with E-state index >= 15 is 0 Å². The first-order chi connectivity index (χ1) is 8.49. The van der Waals surface area contributed by atoms with E-state index in [1.807, 2.05) is 32.9 Å². The summed E-state index contributed by atoms with van der Waals surface area (Å²) in [4.78, 5) is 23.3. The summed E-state index contributed by atoms with van der Waals surface area (Å²) in [6, 6.07) is 3.80. The molecule has 0 bridgehead atoms. The molecule has 2 heterocycles. The molecular formula is C13H14BrN3O. The van der Waals surface area contributed by atoms with Crippen LogP contribution in [0.2, 0.25) is 0 Å². The molecule has 0 unspecified atom stereocenters. The Bertz CT molecular complexity index is 617. The number of nitrogens with one attached hydrogen (secondary N) is 1. The molecule has 0 fully saturated rings. The Labute approximate surface area is 114 Å². The Morgan fingerprint density at radius 3 is 2.61 bits per heavy atom. The number of aryl methyl sites for hydroxylation is 1. The zero-order valence-corrected chi connectivity index (χ0v) is 12.1. The van der Waals surface area contributed by atoms with E-state index < -0.39 is 0 Å². The fourth-order valence-corrected chi connectivity index (χ4v) is 2.23. The number of hydrogen-bond acceptors (Lipinski definition) is 3. The molecule has 0 spiro atoms. The average Bonchev–Trinajstić information content (AvgIpc) is 2.33. The van der Waals surface area contributed by atoms with E-state index in [1.165, 1.54) is 0 Å². The highest BCUT2D eigenvalue weighted by atomic mass is 79.9. The van der Waals surface area contributed by atoms with Crippen molar-refractivity contribution in [3.63, 3.8) is 0 Å². The first kappa shape index (κ1) is 13.0. The van der Waals surface area contributed by atoms with Crippen LogP contribution in [0.15, 0.2) is 27.6 Å². The summed E-state index contributed by atoms with van der Waals surface area (Å²) in [7, 11) is 0. The first-order valence-electron chi connectivity index (χ1n) is 5.71. The molecule has 2 aromatic rings. The maximum atomic E-state index is 11.8. The van der Waals surface area contributed by atoms with Gasteiger partial charge < -0.3 is 4.98 Å². The minimum Gasteiger partial charge on any atom is -0.304 e. The van der Waals surface area contributed by atoms with Crippen LogP contribution in [-0.2, 0) is 0 Å². The van der Waals surface area contributed by atoms with Crippen LogP contribution in [0.25, 0.3) is 11.5 Å². The third-order valence-corrected chi connectivity index (χ3v) is 3.36. The highest BCUT2D eigenvalue weighted by Crippen LogP contribution is 2.21. The van der Waals surface area contributed by atoms with Gasteiger partial charge in [0.25, 0.3) is 5.56 Å². The second-order valence-corrected chi connectivity index (χ2v) is 5.28. The predicted molar refractivity (Wildman–Crippen MR) is 74.6 cm³/mol. The second kappa shape index (κ2) is 5.02. The molecule has 0 radical (unpaired) electrons. The normalized spacial score (nSPS) is 10.9. The van der Waals surface area contributed by atoms with Gasteiger partial charge in [-0.2, -0.15) is 0 Å². The number of hydrogen-bond donors (Lipinski definition) is 1. The fourth-order valence-electron chi connectivity index (χ4n) is 1.59. The number of halogens is 1. The Hall–Kier alpha value is -1.49. The van der Waals surface area contributed by atoms with Gasteiger partial charge in [-0.15, -0.1) is 0 Å². The van der Waals surface area contributed by atoms with Gasteiger partial charge in [-0.25, -0.2) is 4.98 Å². The van der Waals surface area contributed by atoms with Gasteiger partial charge >= 0.3 is 0 Å². The third-order valence-electron chi connectivity index (χ3n) is 2.59. The predicted octanol–water partition coefficient (Wildman–Crippen LogP) is 3.03. The zero-order valence-electron chi connectivity index (χ0n) is 10.5. The minimum atomic E-state index is -0.175. The monoisotopic (exact) mass is 307 g/mol. The van der Waals surface area contributed by atoms with Gasteiger partial charge in [0.15, 0.2) is 5.82 Å². The average molecular weight is 308 g/mol. The second-order valence-electron chi connectivity index (χ2n) is 4.49. The molecule has 0 aliphatic heterocycles. The quantitative estimate of drug-likeness (QED) is 0.927. The first-order valence-corrected chi connectivity index (χ1v) is 6.51. The molecular weight excluding hydrogens is 294 g/mol. The molecule has 1 N–H and O–H groups in total. The van der Waals surface area contributed by atoms with Gasteiger partial charge in [-0.05, 0) is 40.4 Å². The highest BCUT2D eigenvalue weighted by Gasteiger charge is 2.13. The molecule has 0 aliphatic rings. The lowest BCUT2D eigenvalue weighted by Gasteiger charge is -2.09. The summed E-state index contributed by atoms with van der Waals surface area (Å²) in [6.45, 7) is 5.96. The van der Waals surface area contributed by atoms with Crippen molar-refractivity contribution < 1.29 is 0 Å². The van der Waals surface area contributed by atoms with E-state index in [0.29, 0.717) is 16.0 Å². The Kier molecular flexibility index (Phi) is 3.61. The maximum absolute atomic E-state index is 11.8. The molecule has 2 rings (SSSR count). The van der Waals surface area contributed by atoms with Gasteiger partial charge in [0.2, 0.25) is 0 Å². The molecule has 4 nitrogen and oxygen atoms in total. The summed E-state index contributed by atoms with van der Waals surface area (Å²) in [5.74, 6) is 0.678. The molecule has 94 valence electrons. The van der Waals surface area contributed by atoms with Crippen LogP contribution >= 0.6 is 15.9 Å². The highest BCUT2D eigenvalue weighted by molar-refractivity contribution is 9.10. The number of rotatable bonds is 2. The van der Waals surface area contributed by atoms with Gasteiger partial charge in [-0.3, -0.25) is 9.78 Å². The van der Waals surface area contributed by atoms with E-state index in [-0.39, 0.29) is 11.5 Å². The fraction of sp³-hybridized carbons (Fsp3) is 0.308. The number of aromatic amines is 1. The van der Waals surface area contributed by atoms with Crippen LogP contribution in [0.4, 0.5) is 0 Å². The van der Waals surface area contributed by atoms with Crippen molar-refractivity contribution in [1.29, 1.82) is 0 Å².